The first-order chi connectivity index (χ1) is 14.7. The van der Waals surface area contributed by atoms with Gasteiger partial charge in [-0.3, -0.25) is 9.59 Å². The van der Waals surface area contributed by atoms with Gasteiger partial charge < -0.3 is 10.3 Å². The van der Waals surface area contributed by atoms with E-state index < -0.39 is 0 Å². The van der Waals surface area contributed by atoms with Gasteiger partial charge in [0, 0.05) is 21.5 Å². The molecule has 0 bridgehead atoms. The molecule has 0 atom stereocenters. The molecule has 3 aromatic heterocycles. The Kier molecular flexibility index (Phi) is 5.36. The maximum absolute atomic E-state index is 12.5. The number of aromatic nitrogens is 4. The van der Waals surface area contributed by atoms with Gasteiger partial charge in [0.05, 0.1) is 16.9 Å². The van der Waals surface area contributed by atoms with Gasteiger partial charge in [-0.25, -0.2) is 4.98 Å². The van der Waals surface area contributed by atoms with Crippen LogP contribution in [0.2, 0.25) is 0 Å². The number of benzene rings is 1. The van der Waals surface area contributed by atoms with Crippen molar-refractivity contribution in [2.45, 2.75) is 25.0 Å². The molecule has 0 saturated carbocycles. The number of carbonyl (C=O) groups is 1. The van der Waals surface area contributed by atoms with E-state index in [1.165, 1.54) is 33.7 Å². The number of hydrogen-bond donors (Lipinski definition) is 2. The number of rotatable bonds is 6. The summed E-state index contributed by atoms with van der Waals surface area (Å²) in [5.41, 5.74) is 3.63. The Morgan fingerprint density at radius 1 is 1.23 bits per heavy atom. The van der Waals surface area contributed by atoms with Gasteiger partial charge in [0.15, 0.2) is 0 Å². The standard InChI is InChI=1S/C20H17N5O2S3/c26-17(21-12-6-4-11(5-7-12)14-8-29-25-24-14)10-28-9-16-22-19(27)18-13-2-1-3-15(13)30-20(18)23-16/h4-8H,1-3,9-10H2,(H,21,26)(H,22,23,27). The molecule has 1 aliphatic carbocycles. The van der Waals surface area contributed by atoms with E-state index in [-0.39, 0.29) is 17.2 Å². The van der Waals surface area contributed by atoms with Gasteiger partial charge in [0.25, 0.3) is 5.56 Å². The highest BCUT2D eigenvalue weighted by molar-refractivity contribution is 7.99. The number of hydrogen-bond acceptors (Lipinski definition) is 8. The lowest BCUT2D eigenvalue weighted by molar-refractivity contribution is -0.113. The van der Waals surface area contributed by atoms with Crippen LogP contribution in [0, 0.1) is 0 Å². The highest BCUT2D eigenvalue weighted by Gasteiger charge is 2.21. The summed E-state index contributed by atoms with van der Waals surface area (Å²) in [6.07, 6.45) is 3.13. The zero-order valence-electron chi connectivity index (χ0n) is 15.8. The van der Waals surface area contributed by atoms with Crippen LogP contribution in [-0.4, -0.2) is 31.2 Å². The van der Waals surface area contributed by atoms with E-state index in [2.05, 4.69) is 24.9 Å². The minimum Gasteiger partial charge on any atom is -0.325 e. The number of anilines is 1. The quantitative estimate of drug-likeness (QED) is 0.458. The monoisotopic (exact) mass is 455 g/mol. The van der Waals surface area contributed by atoms with E-state index in [4.69, 9.17) is 0 Å². The fraction of sp³-hybridized carbons (Fsp3) is 0.250. The Balaban J connectivity index is 1.18. The number of carbonyl (C=O) groups excluding carboxylic acids is 1. The molecule has 4 aromatic rings. The maximum Gasteiger partial charge on any atom is 0.259 e. The average molecular weight is 456 g/mol. The van der Waals surface area contributed by atoms with Crippen LogP contribution < -0.4 is 10.9 Å². The normalized spacial score (nSPS) is 12.9. The van der Waals surface area contributed by atoms with Crippen molar-refractivity contribution in [2.24, 2.45) is 0 Å². The molecule has 0 unspecified atom stereocenters. The van der Waals surface area contributed by atoms with Crippen molar-refractivity contribution in [2.75, 3.05) is 11.1 Å². The molecule has 5 rings (SSSR count). The van der Waals surface area contributed by atoms with Crippen LogP contribution in [0.3, 0.4) is 0 Å². The highest BCUT2D eigenvalue weighted by atomic mass is 32.2. The smallest absolute Gasteiger partial charge is 0.259 e. The van der Waals surface area contributed by atoms with Crippen molar-refractivity contribution in [3.63, 3.8) is 0 Å². The molecule has 0 radical (unpaired) electrons. The van der Waals surface area contributed by atoms with E-state index in [1.807, 2.05) is 29.6 Å². The van der Waals surface area contributed by atoms with Gasteiger partial charge in [-0.2, -0.15) is 0 Å². The van der Waals surface area contributed by atoms with Crippen molar-refractivity contribution < 1.29 is 4.79 Å². The SMILES string of the molecule is O=C(CSCc1nc2sc3c(c2c(=O)[nH]1)CCC3)Nc1ccc(-c2csnn2)cc1. The molecule has 0 saturated heterocycles. The first-order valence-electron chi connectivity index (χ1n) is 9.46. The number of thioether (sulfide) groups is 1. The summed E-state index contributed by atoms with van der Waals surface area (Å²) >= 11 is 4.36. The molecule has 1 aromatic carbocycles. The lowest BCUT2D eigenvalue weighted by atomic mass is 10.1. The Labute approximate surface area is 184 Å². The molecule has 10 heteroatoms. The number of amides is 1. The van der Waals surface area contributed by atoms with E-state index in [9.17, 15) is 9.59 Å². The van der Waals surface area contributed by atoms with Gasteiger partial charge >= 0.3 is 0 Å². The van der Waals surface area contributed by atoms with E-state index >= 15 is 0 Å². The minimum absolute atomic E-state index is 0.0603. The predicted octanol–water partition coefficient (Wildman–Crippen LogP) is 3.86. The maximum atomic E-state index is 12.5. The van der Waals surface area contributed by atoms with Crippen LogP contribution in [0.4, 0.5) is 5.69 Å². The van der Waals surface area contributed by atoms with Crippen molar-refractivity contribution in [1.29, 1.82) is 0 Å². The first kappa shape index (κ1) is 19.4. The summed E-state index contributed by atoms with van der Waals surface area (Å²) in [7, 11) is 0. The van der Waals surface area contributed by atoms with Crippen LogP contribution in [0.25, 0.3) is 21.5 Å². The topological polar surface area (TPSA) is 101 Å². The Bertz CT molecular complexity index is 1260. The van der Waals surface area contributed by atoms with Crippen molar-refractivity contribution in [1.82, 2.24) is 19.6 Å². The number of nitrogens with zero attached hydrogens (tertiary/aromatic N) is 3. The summed E-state index contributed by atoms with van der Waals surface area (Å²) in [6.45, 7) is 0. The van der Waals surface area contributed by atoms with Gasteiger partial charge in [-0.15, -0.1) is 28.2 Å². The third-order valence-corrected chi connectivity index (χ3v) is 7.55. The molecule has 2 N–H and O–H groups in total. The zero-order chi connectivity index (χ0) is 20.5. The van der Waals surface area contributed by atoms with Gasteiger partial charge in [0.2, 0.25) is 5.91 Å². The lowest BCUT2D eigenvalue weighted by Crippen LogP contribution is -2.15. The van der Waals surface area contributed by atoms with Crippen LogP contribution in [-0.2, 0) is 23.4 Å². The summed E-state index contributed by atoms with van der Waals surface area (Å²) < 4.78 is 3.86. The second kappa shape index (κ2) is 8.29. The predicted molar refractivity (Wildman–Crippen MR) is 122 cm³/mol. The molecular formula is C20H17N5O2S3. The molecule has 0 aliphatic heterocycles. The Hall–Kier alpha value is -2.56. The number of aromatic amines is 1. The Morgan fingerprint density at radius 2 is 2.10 bits per heavy atom. The van der Waals surface area contributed by atoms with Crippen molar-refractivity contribution in [3.05, 3.63) is 56.3 Å². The molecule has 0 fully saturated rings. The number of H-pyrrole nitrogens is 1. The summed E-state index contributed by atoms with van der Waals surface area (Å²) in [4.78, 5) is 34.3. The number of aryl methyl sites for hydroxylation is 2. The zero-order valence-corrected chi connectivity index (χ0v) is 18.3. The number of thiophene rings is 1. The molecule has 7 nitrogen and oxygen atoms in total. The Morgan fingerprint density at radius 3 is 2.90 bits per heavy atom. The number of nitrogens with one attached hydrogen (secondary N) is 2. The molecule has 30 heavy (non-hydrogen) atoms. The van der Waals surface area contributed by atoms with Gasteiger partial charge in [-0.05, 0) is 48.5 Å². The fourth-order valence-corrected chi connectivity index (χ4v) is 6.00. The molecule has 1 amide bonds. The van der Waals surface area contributed by atoms with Crippen LogP contribution >= 0.6 is 34.6 Å². The highest BCUT2D eigenvalue weighted by Crippen LogP contribution is 2.34. The first-order valence-corrected chi connectivity index (χ1v) is 12.3. The molecule has 152 valence electrons. The van der Waals surface area contributed by atoms with Crippen LogP contribution in [0.5, 0.6) is 0 Å². The molecular weight excluding hydrogens is 438 g/mol. The molecule has 1 aliphatic rings. The third-order valence-electron chi connectivity index (χ3n) is 4.92. The van der Waals surface area contributed by atoms with Crippen LogP contribution in [0.15, 0.2) is 34.4 Å². The second-order valence-corrected chi connectivity index (χ2v) is 9.64. The lowest BCUT2D eigenvalue weighted by Gasteiger charge is -2.06. The largest absolute Gasteiger partial charge is 0.325 e. The van der Waals surface area contributed by atoms with Crippen molar-refractivity contribution in [3.8, 4) is 11.3 Å². The molecule has 3 heterocycles. The third kappa shape index (κ3) is 3.90. The summed E-state index contributed by atoms with van der Waals surface area (Å²) in [6, 6.07) is 7.50. The fourth-order valence-electron chi connectivity index (χ4n) is 3.57. The van der Waals surface area contributed by atoms with E-state index in [0.29, 0.717) is 11.6 Å². The average Bonchev–Trinajstić information content (AvgIpc) is 3.46. The van der Waals surface area contributed by atoms with E-state index in [1.54, 1.807) is 11.3 Å². The second-order valence-electron chi connectivity index (χ2n) is 6.96. The van der Waals surface area contributed by atoms with Gasteiger partial charge in [0.1, 0.15) is 16.3 Å². The van der Waals surface area contributed by atoms with Crippen molar-refractivity contribution >= 4 is 56.4 Å². The van der Waals surface area contributed by atoms with E-state index in [0.717, 1.165) is 46.4 Å². The summed E-state index contributed by atoms with van der Waals surface area (Å²) in [5, 5.41) is 9.56. The minimum atomic E-state index is -0.0957. The summed E-state index contributed by atoms with van der Waals surface area (Å²) in [5.74, 6) is 1.28. The number of fused-ring (bicyclic) bond motifs is 3. The molecule has 0 spiro atoms. The van der Waals surface area contributed by atoms with Crippen LogP contribution in [0.1, 0.15) is 22.7 Å². The van der Waals surface area contributed by atoms with Gasteiger partial charge in [-0.1, -0.05) is 16.6 Å².